The van der Waals surface area contributed by atoms with Crippen LogP contribution in [0.5, 0.6) is 11.5 Å². The van der Waals surface area contributed by atoms with Crippen molar-refractivity contribution in [2.45, 2.75) is 68.3 Å². The largest absolute Gasteiger partial charge is 0.453 e. The Bertz CT molecular complexity index is 3180. The first kappa shape index (κ1) is 46.9. The lowest BCUT2D eigenvalue weighted by molar-refractivity contribution is -0.142. The average Bonchev–Trinajstić information content (AvgIpc) is 3.86. The van der Waals surface area contributed by atoms with E-state index in [-0.39, 0.29) is 92.5 Å². The van der Waals surface area contributed by atoms with Crippen LogP contribution in [0.25, 0.3) is 21.8 Å². The third-order valence-corrected chi connectivity index (χ3v) is 15.7. The Labute approximate surface area is 399 Å². The molecule has 3 N–H and O–H groups in total. The van der Waals surface area contributed by atoms with E-state index in [1.54, 1.807) is 22.7 Å². The number of halogens is 2. The van der Waals surface area contributed by atoms with Gasteiger partial charge in [-0.15, -0.1) is 0 Å². The van der Waals surface area contributed by atoms with Gasteiger partial charge in [-0.3, -0.25) is 38.6 Å². The van der Waals surface area contributed by atoms with Gasteiger partial charge in [0.15, 0.2) is 17.4 Å². The first-order valence-corrected chi connectivity index (χ1v) is 24.3. The minimum absolute atomic E-state index is 0.00950. The minimum atomic E-state index is -4.09. The highest BCUT2D eigenvalue weighted by Gasteiger charge is 2.46. The zero-order chi connectivity index (χ0) is 49.3. The average molecular weight is 986 g/mol. The molecule has 7 heterocycles. The number of carbonyl (C=O) groups excluding carboxylic acids is 3. The van der Waals surface area contributed by atoms with Crippen molar-refractivity contribution in [3.8, 4) is 17.6 Å². The normalized spacial score (nSPS) is 20.7. The fraction of sp³-hybridized carbons (Fsp3) is 0.457. The molecule has 0 radical (unpaired) electrons. The molecule has 5 aliphatic rings. The van der Waals surface area contributed by atoms with E-state index in [2.05, 4.69) is 20.1 Å². The Hall–Kier alpha value is -6.78. The van der Waals surface area contributed by atoms with Crippen LogP contribution in [0, 0.1) is 23.0 Å². The number of aryl methyl sites for hydroxylation is 1. The molecule has 5 saturated heterocycles. The third-order valence-electron chi connectivity index (χ3n) is 14.3. The Morgan fingerprint density at radius 1 is 1.01 bits per heavy atom. The van der Waals surface area contributed by atoms with Gasteiger partial charge in [0.2, 0.25) is 11.8 Å². The summed E-state index contributed by atoms with van der Waals surface area (Å²) < 4.78 is 80.7. The van der Waals surface area contributed by atoms with Crippen LogP contribution < -0.4 is 30.1 Å². The number of nitrogens with zero attached hydrogens (tertiary/aromatic N) is 9. The number of amides is 4. The van der Waals surface area contributed by atoms with Crippen molar-refractivity contribution in [3.05, 3.63) is 76.3 Å². The van der Waals surface area contributed by atoms with Gasteiger partial charge in [-0.25, -0.2) is 18.6 Å². The summed E-state index contributed by atoms with van der Waals surface area (Å²) in [5, 5.41) is 28.9. The summed E-state index contributed by atoms with van der Waals surface area (Å²) in [4.78, 5) is 61.3. The van der Waals surface area contributed by atoms with Crippen LogP contribution >= 0.6 is 0 Å². The molecule has 4 amide bonds. The van der Waals surface area contributed by atoms with E-state index in [1.165, 1.54) is 47.2 Å². The zero-order valence-corrected chi connectivity index (χ0v) is 39.0. The van der Waals surface area contributed by atoms with Crippen molar-refractivity contribution in [1.29, 1.82) is 5.26 Å². The smallest absolute Gasteiger partial charge is 0.329 e. The number of ether oxygens (including phenoxy) is 3. The summed E-state index contributed by atoms with van der Waals surface area (Å²) in [7, 11) is -0.927. The molecule has 5 fully saturated rings. The van der Waals surface area contributed by atoms with Crippen LogP contribution in [-0.4, -0.2) is 137 Å². The lowest BCUT2D eigenvalue weighted by atomic mass is 9.85. The molecule has 0 bridgehead atoms. The summed E-state index contributed by atoms with van der Waals surface area (Å²) >= 11 is 0. The topological polar surface area (TPSA) is 247 Å². The molecule has 5 aromatic rings. The number of nitrogens with one attached hydrogen (secondary N) is 2. The standard InChI is InChI=1S/C46H49F2N11O10S/c1-54-37-19-38(34(48)18-31(37)42(52-54)58-12-7-39(60)51-44(58)63)55-13-8-45(64,9-14-55)21-40(61)56-15-10-46(11-16-56)20-27(25-68-46)59-26-50-35-5-3-28(17-30(35)43(59)62)69-41-32(22-49)36(6-4-33(41)47)53-70(65,66)57-23-29(24-57)67-2/h3-6,17-19,26-27,29,53,64H,7-16,20-21,23-25H2,1-2H3,(H,51,60,63)/t27-/m1/s1. The second-order valence-electron chi connectivity index (χ2n) is 18.6. The van der Waals surface area contributed by atoms with Gasteiger partial charge in [-0.05, 0) is 74.6 Å². The van der Waals surface area contributed by atoms with Crippen LogP contribution in [0.3, 0.4) is 0 Å². The molecule has 70 heavy (non-hydrogen) atoms. The maximum atomic E-state index is 15.7. The molecule has 0 aliphatic carbocycles. The predicted octanol–water partition coefficient (Wildman–Crippen LogP) is 3.40. The number of carbonyl (C=O) groups is 3. The number of piperidine rings is 2. The molecule has 368 valence electrons. The van der Waals surface area contributed by atoms with Crippen molar-refractivity contribution in [3.63, 3.8) is 0 Å². The van der Waals surface area contributed by atoms with Crippen LogP contribution in [0.15, 0.2) is 53.6 Å². The maximum Gasteiger partial charge on any atom is 0.329 e. The molecule has 10 rings (SSSR count). The number of anilines is 3. The first-order chi connectivity index (χ1) is 33.5. The Kier molecular flexibility index (Phi) is 12.0. The monoisotopic (exact) mass is 985 g/mol. The first-order valence-electron chi connectivity index (χ1n) is 22.8. The highest BCUT2D eigenvalue weighted by molar-refractivity contribution is 7.90. The van der Waals surface area contributed by atoms with Gasteiger partial charge in [-0.1, -0.05) is 0 Å². The second-order valence-corrected chi connectivity index (χ2v) is 20.2. The van der Waals surface area contributed by atoms with Crippen LogP contribution in [0.4, 0.5) is 30.8 Å². The SMILES string of the molecule is COC1CN(S(=O)(=O)Nc2ccc(F)c(Oc3ccc4ncn([C@H]5COC6(CCN(C(=O)CC7(O)CCN(c8cc9c(cc8F)c(N8CCC(=O)NC8=O)nn9C)CC7)CC6)C5)c(=O)c4c3)c2C#N)C1. The molecule has 0 saturated carbocycles. The Balaban J connectivity index is 0.752. The number of aliphatic hydroxyl groups is 1. The third kappa shape index (κ3) is 8.65. The molecule has 5 aliphatic heterocycles. The molecular formula is C46H49F2N11O10S. The van der Waals surface area contributed by atoms with E-state index < -0.39 is 62.0 Å². The summed E-state index contributed by atoms with van der Waals surface area (Å²) in [6.07, 6.45) is 3.11. The van der Waals surface area contributed by atoms with E-state index in [4.69, 9.17) is 14.2 Å². The van der Waals surface area contributed by atoms with Crippen LogP contribution in [-0.2, 0) is 36.3 Å². The predicted molar refractivity (Wildman–Crippen MR) is 247 cm³/mol. The highest BCUT2D eigenvalue weighted by atomic mass is 32.2. The minimum Gasteiger partial charge on any atom is -0.453 e. The fourth-order valence-corrected chi connectivity index (χ4v) is 11.4. The lowest BCUT2D eigenvalue weighted by Gasteiger charge is -2.42. The molecule has 21 nitrogen and oxygen atoms in total. The van der Waals surface area contributed by atoms with E-state index in [9.17, 15) is 38.0 Å². The van der Waals surface area contributed by atoms with E-state index >= 15 is 8.78 Å². The van der Waals surface area contributed by atoms with Gasteiger partial charge < -0.3 is 29.1 Å². The van der Waals surface area contributed by atoms with Gasteiger partial charge in [0.25, 0.3) is 5.56 Å². The van der Waals surface area contributed by atoms with Gasteiger partial charge in [0.1, 0.15) is 23.2 Å². The molecule has 3 aromatic carbocycles. The van der Waals surface area contributed by atoms with Crippen molar-refractivity contribution >= 4 is 67.1 Å². The van der Waals surface area contributed by atoms with Gasteiger partial charge in [0, 0.05) is 71.8 Å². The van der Waals surface area contributed by atoms with Gasteiger partial charge >= 0.3 is 16.2 Å². The van der Waals surface area contributed by atoms with Gasteiger partial charge in [0.05, 0.1) is 70.5 Å². The molecular weight excluding hydrogens is 937 g/mol. The van der Waals surface area contributed by atoms with Crippen LogP contribution in [0.2, 0.25) is 0 Å². The van der Waals surface area contributed by atoms with E-state index in [0.29, 0.717) is 67.5 Å². The summed E-state index contributed by atoms with van der Waals surface area (Å²) in [6.45, 7) is 1.90. The van der Waals surface area contributed by atoms with Crippen LogP contribution in [0.1, 0.15) is 56.6 Å². The Morgan fingerprint density at radius 3 is 2.49 bits per heavy atom. The van der Waals surface area contributed by atoms with Crippen molar-refractivity contribution in [1.82, 2.24) is 33.9 Å². The number of fused-ring (bicyclic) bond motifs is 2. The fourth-order valence-electron chi connectivity index (χ4n) is 10.1. The zero-order valence-electron chi connectivity index (χ0n) is 38.2. The number of methoxy groups -OCH3 is 1. The summed E-state index contributed by atoms with van der Waals surface area (Å²) in [6, 6.07) is 10.3. The van der Waals surface area contributed by atoms with Gasteiger partial charge in [-0.2, -0.15) is 23.1 Å². The Morgan fingerprint density at radius 2 is 1.77 bits per heavy atom. The van der Waals surface area contributed by atoms with Crippen molar-refractivity contribution in [2.24, 2.45) is 7.05 Å². The summed E-state index contributed by atoms with van der Waals surface area (Å²) in [5.41, 5.74) is -1.67. The number of likely N-dealkylation sites (tertiary alicyclic amines) is 1. The quantitative estimate of drug-likeness (QED) is 0.172. The lowest BCUT2D eigenvalue weighted by Crippen LogP contribution is -2.55. The van der Waals surface area contributed by atoms with Crippen molar-refractivity contribution < 1.29 is 50.9 Å². The number of urea groups is 1. The second kappa shape index (κ2) is 17.9. The van der Waals surface area contributed by atoms with Crippen molar-refractivity contribution in [2.75, 3.05) is 74.1 Å². The molecule has 24 heteroatoms. The molecule has 2 aromatic heterocycles. The number of nitriles is 1. The number of rotatable bonds is 11. The molecule has 1 atom stereocenters. The number of hydrogen-bond acceptors (Lipinski definition) is 14. The molecule has 0 unspecified atom stereocenters. The summed E-state index contributed by atoms with van der Waals surface area (Å²) in [5.74, 6) is -2.32. The number of benzene rings is 3. The van der Waals surface area contributed by atoms with E-state index in [1.807, 2.05) is 11.0 Å². The number of hydrogen-bond donors (Lipinski definition) is 3. The highest BCUT2D eigenvalue weighted by Crippen LogP contribution is 2.42. The van der Waals surface area contributed by atoms with E-state index in [0.717, 1.165) is 16.4 Å². The maximum absolute atomic E-state index is 15.7. The number of imide groups is 1. The number of aromatic nitrogens is 4. The molecule has 1 spiro atoms.